The predicted octanol–water partition coefficient (Wildman–Crippen LogP) is 2.35. The lowest BCUT2D eigenvalue weighted by atomic mass is 9.98. The quantitative estimate of drug-likeness (QED) is 0.494. The van der Waals surface area contributed by atoms with Gasteiger partial charge in [-0.05, 0) is 46.5 Å². The largest absolute Gasteiger partial charge is 0.468 e. The summed E-state index contributed by atoms with van der Waals surface area (Å²) >= 11 is 0. The minimum Gasteiger partial charge on any atom is -0.468 e. The molecule has 1 fully saturated rings. The Labute approximate surface area is 168 Å². The molecule has 1 rings (SSSR count). The van der Waals surface area contributed by atoms with Crippen LogP contribution in [0.15, 0.2) is 0 Å². The first-order valence-electron chi connectivity index (χ1n) is 9.97. The second-order valence-electron chi connectivity index (χ2n) is 8.53. The van der Waals surface area contributed by atoms with Crippen molar-refractivity contribution in [1.82, 2.24) is 10.2 Å². The van der Waals surface area contributed by atoms with Crippen LogP contribution < -0.4 is 5.32 Å². The van der Waals surface area contributed by atoms with Crippen molar-refractivity contribution in [3.05, 3.63) is 0 Å². The fraction of sp³-hybridized carbons (Fsp3) is 0.850. The number of hydrogen-bond donors (Lipinski definition) is 1. The number of nitrogens with one attached hydrogen (secondary N) is 1. The van der Waals surface area contributed by atoms with Gasteiger partial charge in [0.2, 0.25) is 0 Å². The van der Waals surface area contributed by atoms with Crippen molar-refractivity contribution in [2.45, 2.75) is 72.1 Å². The highest BCUT2D eigenvalue weighted by molar-refractivity contribution is 5.82. The van der Waals surface area contributed by atoms with Crippen LogP contribution in [0.25, 0.3) is 0 Å². The summed E-state index contributed by atoms with van der Waals surface area (Å²) in [5.41, 5.74) is -0.653. The monoisotopic (exact) mass is 400 g/mol. The highest BCUT2D eigenvalue weighted by Crippen LogP contribution is 2.27. The Morgan fingerprint density at radius 1 is 1.21 bits per heavy atom. The molecule has 0 unspecified atom stereocenters. The van der Waals surface area contributed by atoms with E-state index >= 15 is 0 Å². The second kappa shape index (κ2) is 10.6. The molecule has 162 valence electrons. The highest BCUT2D eigenvalue weighted by atomic mass is 16.6. The van der Waals surface area contributed by atoms with Gasteiger partial charge in [-0.25, -0.2) is 9.59 Å². The molecule has 8 nitrogen and oxygen atoms in total. The fourth-order valence-electron chi connectivity index (χ4n) is 3.31. The van der Waals surface area contributed by atoms with Gasteiger partial charge in [0.25, 0.3) is 0 Å². The van der Waals surface area contributed by atoms with Gasteiger partial charge < -0.3 is 19.5 Å². The normalized spacial score (nSPS) is 20.8. The maximum Gasteiger partial charge on any atom is 0.411 e. The zero-order valence-corrected chi connectivity index (χ0v) is 18.2. The van der Waals surface area contributed by atoms with E-state index in [1.165, 1.54) is 12.0 Å². The highest BCUT2D eigenvalue weighted by Gasteiger charge is 2.44. The topological polar surface area (TPSA) is 94.2 Å². The molecule has 1 aliphatic heterocycles. The van der Waals surface area contributed by atoms with Crippen molar-refractivity contribution >= 4 is 18.0 Å². The van der Waals surface area contributed by atoms with Gasteiger partial charge >= 0.3 is 18.0 Å². The molecule has 1 amide bonds. The lowest BCUT2D eigenvalue weighted by Crippen LogP contribution is -2.49. The van der Waals surface area contributed by atoms with Crippen molar-refractivity contribution < 1.29 is 28.6 Å². The van der Waals surface area contributed by atoms with E-state index in [4.69, 9.17) is 14.2 Å². The van der Waals surface area contributed by atoms with Crippen LogP contribution >= 0.6 is 0 Å². The average molecular weight is 401 g/mol. The van der Waals surface area contributed by atoms with Crippen LogP contribution in [0, 0.1) is 11.8 Å². The lowest BCUT2D eigenvalue weighted by Gasteiger charge is -2.30. The molecule has 0 aromatic carbocycles. The molecular weight excluding hydrogens is 364 g/mol. The summed E-state index contributed by atoms with van der Waals surface area (Å²) in [4.78, 5) is 38.6. The van der Waals surface area contributed by atoms with Gasteiger partial charge in [-0.15, -0.1) is 0 Å². The van der Waals surface area contributed by atoms with Crippen molar-refractivity contribution in [3.8, 4) is 0 Å². The first-order chi connectivity index (χ1) is 13.0. The summed E-state index contributed by atoms with van der Waals surface area (Å²) in [6, 6.07) is -1.19. The van der Waals surface area contributed by atoms with E-state index < -0.39 is 29.7 Å². The number of methoxy groups -OCH3 is 1. The molecule has 0 aromatic heterocycles. The number of ether oxygens (including phenoxy) is 3. The zero-order valence-electron chi connectivity index (χ0n) is 18.2. The fourth-order valence-corrected chi connectivity index (χ4v) is 3.31. The van der Waals surface area contributed by atoms with E-state index in [2.05, 4.69) is 5.32 Å². The number of likely N-dealkylation sites (tertiary alicyclic amines) is 1. The second-order valence-corrected chi connectivity index (χ2v) is 8.53. The Hall–Kier alpha value is -1.83. The summed E-state index contributed by atoms with van der Waals surface area (Å²) in [6.07, 6.45) is 0.713. The van der Waals surface area contributed by atoms with Crippen LogP contribution in [-0.4, -0.2) is 67.4 Å². The van der Waals surface area contributed by atoms with Crippen LogP contribution in [0.3, 0.4) is 0 Å². The van der Waals surface area contributed by atoms with Crippen molar-refractivity contribution in [2.24, 2.45) is 11.8 Å². The number of carbonyl (C=O) groups excluding carboxylic acids is 3. The number of carbonyl (C=O) groups is 3. The van der Waals surface area contributed by atoms with E-state index in [9.17, 15) is 14.4 Å². The minimum atomic E-state index is -0.736. The average Bonchev–Trinajstić information content (AvgIpc) is 3.00. The summed E-state index contributed by atoms with van der Waals surface area (Å²) in [7, 11) is 1.36. The van der Waals surface area contributed by atoms with Gasteiger partial charge in [0.15, 0.2) is 0 Å². The maximum atomic E-state index is 12.6. The van der Waals surface area contributed by atoms with E-state index in [0.717, 1.165) is 0 Å². The lowest BCUT2D eigenvalue weighted by molar-refractivity contribution is -0.149. The molecule has 8 heteroatoms. The van der Waals surface area contributed by atoms with Gasteiger partial charge in [-0.3, -0.25) is 9.69 Å². The van der Waals surface area contributed by atoms with Crippen LogP contribution in [0.4, 0.5) is 4.79 Å². The molecule has 0 bridgehead atoms. The van der Waals surface area contributed by atoms with Crippen LogP contribution in [0.2, 0.25) is 0 Å². The van der Waals surface area contributed by atoms with Gasteiger partial charge in [0.05, 0.1) is 13.7 Å². The third-order valence-corrected chi connectivity index (χ3v) is 4.50. The molecule has 0 aromatic rings. The number of esters is 2. The molecule has 3 atom stereocenters. The van der Waals surface area contributed by atoms with Gasteiger partial charge in [0.1, 0.15) is 17.7 Å². The van der Waals surface area contributed by atoms with Crippen molar-refractivity contribution in [2.75, 3.05) is 26.8 Å². The van der Waals surface area contributed by atoms with Gasteiger partial charge in [0, 0.05) is 19.0 Å². The van der Waals surface area contributed by atoms with Crippen LogP contribution in [0.1, 0.15) is 54.4 Å². The zero-order chi connectivity index (χ0) is 21.5. The number of hydrogen-bond acceptors (Lipinski definition) is 7. The van der Waals surface area contributed by atoms with Gasteiger partial charge in [-0.1, -0.05) is 13.8 Å². The Bertz CT molecular complexity index is 543. The van der Waals surface area contributed by atoms with E-state index in [1.54, 1.807) is 27.7 Å². The molecule has 0 radical (unpaired) electrons. The molecule has 1 aliphatic rings. The van der Waals surface area contributed by atoms with Gasteiger partial charge in [-0.2, -0.15) is 0 Å². The molecule has 1 heterocycles. The smallest absolute Gasteiger partial charge is 0.411 e. The summed E-state index contributed by atoms with van der Waals surface area (Å²) in [5.74, 6) is -0.648. The Kier molecular flexibility index (Phi) is 9.20. The molecular formula is C20H36N2O6. The Morgan fingerprint density at radius 3 is 2.36 bits per heavy atom. The summed E-state index contributed by atoms with van der Waals surface area (Å²) in [5, 5.41) is 3.22. The van der Waals surface area contributed by atoms with E-state index in [0.29, 0.717) is 31.8 Å². The Balaban J connectivity index is 2.89. The number of nitrogens with zero attached hydrogens (tertiary/aromatic N) is 1. The number of rotatable bonds is 8. The first-order valence-corrected chi connectivity index (χ1v) is 9.97. The summed E-state index contributed by atoms with van der Waals surface area (Å²) < 4.78 is 15.5. The molecule has 0 spiro atoms. The molecule has 28 heavy (non-hydrogen) atoms. The third-order valence-electron chi connectivity index (χ3n) is 4.50. The molecule has 1 N–H and O–H groups in total. The van der Waals surface area contributed by atoms with Crippen LogP contribution in [-0.2, 0) is 23.8 Å². The standard InChI is InChI=1S/C20H36N2O6/c1-8-27-18(24)16-14(9-10-22(16)19(25)28-20(4,5)6)12-21-15(11-13(2)3)17(23)26-7/h13-16,21H,8-12H2,1-7H3/t14-,15+,16-/m0/s1. The van der Waals surface area contributed by atoms with E-state index in [1.807, 2.05) is 13.8 Å². The van der Waals surface area contributed by atoms with Crippen molar-refractivity contribution in [1.29, 1.82) is 0 Å². The van der Waals surface area contributed by atoms with E-state index in [-0.39, 0.29) is 18.5 Å². The maximum absolute atomic E-state index is 12.6. The first kappa shape index (κ1) is 24.2. The van der Waals surface area contributed by atoms with Crippen molar-refractivity contribution in [3.63, 3.8) is 0 Å². The molecule has 0 aliphatic carbocycles. The predicted molar refractivity (Wildman–Crippen MR) is 105 cm³/mol. The Morgan fingerprint density at radius 2 is 1.86 bits per heavy atom. The molecule has 0 saturated carbocycles. The SMILES string of the molecule is CCOC(=O)[C@@H]1[C@H](CN[C@H](CC(C)C)C(=O)OC)CCN1C(=O)OC(C)(C)C. The number of amides is 1. The molecule has 1 saturated heterocycles. The minimum absolute atomic E-state index is 0.175. The summed E-state index contributed by atoms with van der Waals surface area (Å²) in [6.45, 7) is 12.2. The third kappa shape index (κ3) is 7.30. The van der Waals surface area contributed by atoms with Crippen LogP contribution in [0.5, 0.6) is 0 Å².